The van der Waals surface area contributed by atoms with E-state index in [2.05, 4.69) is 12.2 Å². The Labute approximate surface area is 128 Å². The highest BCUT2D eigenvalue weighted by molar-refractivity contribution is 7.10. The van der Waals surface area contributed by atoms with Gasteiger partial charge in [-0.05, 0) is 41.8 Å². The molecule has 2 amide bonds. The summed E-state index contributed by atoms with van der Waals surface area (Å²) in [5.41, 5.74) is 0.846. The molecule has 2 heterocycles. The highest BCUT2D eigenvalue weighted by Gasteiger charge is 2.19. The molecule has 0 spiro atoms. The Kier molecular flexibility index (Phi) is 5.38. The molecule has 0 atom stereocenters. The lowest BCUT2D eigenvalue weighted by molar-refractivity contribution is -0.131. The Morgan fingerprint density at radius 3 is 2.86 bits per heavy atom. The molecule has 0 aliphatic carbocycles. The molecular weight excluding hydrogens is 288 g/mol. The number of carboxylic acids is 1. The number of thiophene rings is 1. The maximum atomic E-state index is 12.0. The number of urea groups is 1. The van der Waals surface area contributed by atoms with Gasteiger partial charge in [-0.15, -0.1) is 11.3 Å². The van der Waals surface area contributed by atoms with E-state index in [4.69, 9.17) is 5.11 Å². The van der Waals surface area contributed by atoms with E-state index >= 15 is 0 Å². The summed E-state index contributed by atoms with van der Waals surface area (Å²) in [4.78, 5) is 25.3. The van der Waals surface area contributed by atoms with E-state index in [0.29, 0.717) is 12.5 Å². The summed E-state index contributed by atoms with van der Waals surface area (Å²) in [5, 5.41) is 13.4. The zero-order valence-electron chi connectivity index (χ0n) is 12.0. The van der Waals surface area contributed by atoms with Crippen molar-refractivity contribution in [1.29, 1.82) is 0 Å². The first-order valence-corrected chi connectivity index (χ1v) is 7.94. The van der Waals surface area contributed by atoms with Crippen molar-refractivity contribution < 1.29 is 14.7 Å². The monoisotopic (exact) mass is 308 g/mol. The number of carboxylic acid groups (broad SMARTS) is 1. The highest BCUT2D eigenvalue weighted by atomic mass is 32.1. The number of hydrogen-bond acceptors (Lipinski definition) is 3. The van der Waals surface area contributed by atoms with Gasteiger partial charge >= 0.3 is 12.0 Å². The average Bonchev–Trinajstić information content (AvgIpc) is 2.91. The van der Waals surface area contributed by atoms with E-state index in [-0.39, 0.29) is 6.03 Å². The first kappa shape index (κ1) is 15.6. The molecule has 0 unspecified atom stereocenters. The second-order valence-corrected chi connectivity index (χ2v) is 6.34. The summed E-state index contributed by atoms with van der Waals surface area (Å²) in [5.74, 6) is -0.259. The van der Waals surface area contributed by atoms with Crippen LogP contribution in [0.4, 0.5) is 4.79 Å². The van der Waals surface area contributed by atoms with Crippen LogP contribution in [-0.2, 0) is 11.3 Å². The summed E-state index contributed by atoms with van der Waals surface area (Å²) in [6, 6.07) is 1.88. The third kappa shape index (κ3) is 4.90. The molecule has 1 aromatic heterocycles. The fourth-order valence-electron chi connectivity index (χ4n) is 2.23. The van der Waals surface area contributed by atoms with E-state index in [1.54, 1.807) is 6.08 Å². The quantitative estimate of drug-likeness (QED) is 0.840. The summed E-state index contributed by atoms with van der Waals surface area (Å²) < 4.78 is 0. The number of carbonyl (C=O) groups is 2. The van der Waals surface area contributed by atoms with Gasteiger partial charge in [-0.25, -0.2) is 9.59 Å². The molecule has 1 aromatic rings. The van der Waals surface area contributed by atoms with Gasteiger partial charge in [-0.3, -0.25) is 0 Å². The summed E-state index contributed by atoms with van der Waals surface area (Å²) in [6.45, 7) is 4.34. The number of piperidine rings is 1. The van der Waals surface area contributed by atoms with Crippen LogP contribution >= 0.6 is 11.3 Å². The van der Waals surface area contributed by atoms with Crippen LogP contribution < -0.4 is 5.32 Å². The van der Waals surface area contributed by atoms with Gasteiger partial charge in [0.1, 0.15) is 0 Å². The Bertz CT molecular complexity index is 531. The van der Waals surface area contributed by atoms with Crippen LogP contribution in [0.1, 0.15) is 30.2 Å². The number of nitrogens with one attached hydrogen (secondary N) is 1. The smallest absolute Gasteiger partial charge is 0.328 e. The van der Waals surface area contributed by atoms with Crippen molar-refractivity contribution >= 4 is 29.4 Å². The maximum Gasteiger partial charge on any atom is 0.328 e. The van der Waals surface area contributed by atoms with Crippen molar-refractivity contribution in [3.63, 3.8) is 0 Å². The number of hydrogen-bond donors (Lipinski definition) is 2. The van der Waals surface area contributed by atoms with Gasteiger partial charge in [-0.2, -0.15) is 0 Å². The van der Waals surface area contributed by atoms with Crippen LogP contribution in [0.25, 0.3) is 6.08 Å². The van der Waals surface area contributed by atoms with Crippen LogP contribution in [0.15, 0.2) is 17.5 Å². The summed E-state index contributed by atoms with van der Waals surface area (Å²) in [7, 11) is 0. The first-order valence-electron chi connectivity index (χ1n) is 7.06. The lowest BCUT2D eigenvalue weighted by Gasteiger charge is -2.30. The van der Waals surface area contributed by atoms with Crippen molar-refractivity contribution in [2.24, 2.45) is 5.92 Å². The van der Waals surface area contributed by atoms with E-state index in [9.17, 15) is 9.59 Å². The third-order valence-electron chi connectivity index (χ3n) is 3.58. The minimum atomic E-state index is -0.963. The summed E-state index contributed by atoms with van der Waals surface area (Å²) >= 11 is 1.51. The second kappa shape index (κ2) is 7.26. The van der Waals surface area contributed by atoms with Gasteiger partial charge in [0.05, 0.1) is 6.54 Å². The van der Waals surface area contributed by atoms with E-state index < -0.39 is 5.97 Å². The van der Waals surface area contributed by atoms with Gasteiger partial charge < -0.3 is 15.3 Å². The SMILES string of the molecule is CC1CCN(C(=O)NCc2cc(C=CC(=O)O)cs2)CC1. The van der Waals surface area contributed by atoms with Crippen LogP contribution in [0.5, 0.6) is 0 Å². The average molecular weight is 308 g/mol. The Hall–Kier alpha value is -1.82. The molecule has 2 N–H and O–H groups in total. The molecule has 1 saturated heterocycles. The largest absolute Gasteiger partial charge is 0.478 e. The standard InChI is InChI=1S/C15H20N2O3S/c1-11-4-6-17(7-5-11)15(20)16-9-13-8-12(10-21-13)2-3-14(18)19/h2-3,8,10-11H,4-7,9H2,1H3,(H,16,20)(H,18,19). The molecule has 0 radical (unpaired) electrons. The topological polar surface area (TPSA) is 69.6 Å². The van der Waals surface area contributed by atoms with Gasteiger partial charge in [-0.1, -0.05) is 6.92 Å². The van der Waals surface area contributed by atoms with Crippen LogP contribution in [0, 0.1) is 5.92 Å². The van der Waals surface area contributed by atoms with Crippen molar-refractivity contribution in [2.75, 3.05) is 13.1 Å². The van der Waals surface area contributed by atoms with E-state index in [1.807, 2.05) is 16.3 Å². The summed E-state index contributed by atoms with van der Waals surface area (Å²) in [6.07, 6.45) is 4.79. The molecule has 2 rings (SSSR count). The normalized spacial score (nSPS) is 16.3. The molecule has 21 heavy (non-hydrogen) atoms. The zero-order chi connectivity index (χ0) is 15.2. The number of aliphatic carboxylic acids is 1. The molecule has 0 bridgehead atoms. The van der Waals surface area contributed by atoms with Crippen molar-refractivity contribution in [3.05, 3.63) is 28.0 Å². The molecule has 6 heteroatoms. The molecule has 1 fully saturated rings. The predicted octanol–water partition coefficient (Wildman–Crippen LogP) is 2.79. The minimum absolute atomic E-state index is 0.0158. The predicted molar refractivity (Wildman–Crippen MR) is 83.2 cm³/mol. The fraction of sp³-hybridized carbons (Fsp3) is 0.467. The Morgan fingerprint density at radius 2 is 2.19 bits per heavy atom. The minimum Gasteiger partial charge on any atom is -0.478 e. The van der Waals surface area contributed by atoms with Crippen LogP contribution in [0.3, 0.4) is 0 Å². The molecule has 1 aliphatic heterocycles. The van der Waals surface area contributed by atoms with E-state index in [0.717, 1.165) is 42.4 Å². The zero-order valence-corrected chi connectivity index (χ0v) is 12.9. The molecular formula is C15H20N2O3S. The van der Waals surface area contributed by atoms with Gasteiger partial charge in [0, 0.05) is 24.0 Å². The molecule has 0 aromatic carbocycles. The highest BCUT2D eigenvalue weighted by Crippen LogP contribution is 2.17. The number of nitrogens with zero attached hydrogens (tertiary/aromatic N) is 1. The van der Waals surface area contributed by atoms with Gasteiger partial charge in [0.15, 0.2) is 0 Å². The molecule has 1 aliphatic rings. The Balaban J connectivity index is 1.80. The molecule has 114 valence electrons. The lowest BCUT2D eigenvalue weighted by Crippen LogP contribution is -2.43. The first-order chi connectivity index (χ1) is 10.0. The van der Waals surface area contributed by atoms with Crippen molar-refractivity contribution in [2.45, 2.75) is 26.3 Å². The maximum absolute atomic E-state index is 12.0. The second-order valence-electron chi connectivity index (χ2n) is 5.35. The molecule has 5 nitrogen and oxygen atoms in total. The number of carbonyl (C=O) groups excluding carboxylic acids is 1. The van der Waals surface area contributed by atoms with Crippen molar-refractivity contribution in [3.8, 4) is 0 Å². The van der Waals surface area contributed by atoms with Crippen LogP contribution in [0.2, 0.25) is 0 Å². The number of rotatable bonds is 4. The Morgan fingerprint density at radius 1 is 1.48 bits per heavy atom. The number of amides is 2. The number of likely N-dealkylation sites (tertiary alicyclic amines) is 1. The van der Waals surface area contributed by atoms with Crippen molar-refractivity contribution in [1.82, 2.24) is 10.2 Å². The van der Waals surface area contributed by atoms with Gasteiger partial charge in [0.25, 0.3) is 0 Å². The van der Waals surface area contributed by atoms with E-state index in [1.165, 1.54) is 11.3 Å². The van der Waals surface area contributed by atoms with Gasteiger partial charge in [0.2, 0.25) is 0 Å². The third-order valence-corrected chi connectivity index (χ3v) is 4.53. The molecule has 0 saturated carbocycles. The fourth-order valence-corrected chi connectivity index (χ4v) is 3.03. The van der Waals surface area contributed by atoms with Crippen LogP contribution in [-0.4, -0.2) is 35.1 Å². The lowest BCUT2D eigenvalue weighted by atomic mass is 10.00.